The average Bonchev–Trinajstić information content (AvgIpc) is 1.81. The molecule has 1 radical (unpaired) electrons. The first-order valence-electron chi connectivity index (χ1n) is 3.47. The topological polar surface area (TPSA) is 14.1 Å². The molecule has 0 aliphatic heterocycles. The van der Waals surface area contributed by atoms with Crippen molar-refractivity contribution in [2.24, 2.45) is 0 Å². The Balaban J connectivity index is 2.53. The maximum Gasteiger partial charge on any atom is 0.0130 e. The Bertz CT molecular complexity index is 29.4. The van der Waals surface area contributed by atoms with E-state index in [9.17, 15) is 0 Å². The van der Waals surface area contributed by atoms with E-state index in [1.165, 1.54) is 25.7 Å². The Morgan fingerprint density at radius 1 is 1.12 bits per heavy atom. The summed E-state index contributed by atoms with van der Waals surface area (Å²) in [7, 11) is 1.88. The molecular formula is C7H16N. The summed E-state index contributed by atoms with van der Waals surface area (Å²) in [5, 5.41) is 4.01. The second-order valence-electron chi connectivity index (χ2n) is 2.10. The predicted molar refractivity (Wildman–Crippen MR) is 37.1 cm³/mol. The zero-order chi connectivity index (χ0) is 6.24. The lowest BCUT2D eigenvalue weighted by Crippen LogP contribution is -1.97. The molecule has 8 heavy (non-hydrogen) atoms. The average molecular weight is 114 g/mol. The van der Waals surface area contributed by atoms with Crippen LogP contribution in [-0.2, 0) is 0 Å². The maximum atomic E-state index is 4.01. The second kappa shape index (κ2) is 6.96. The lowest BCUT2D eigenvalue weighted by Gasteiger charge is -1.94. The van der Waals surface area contributed by atoms with E-state index < -0.39 is 0 Å². The van der Waals surface area contributed by atoms with Crippen molar-refractivity contribution in [3.05, 3.63) is 0 Å². The molecule has 0 unspecified atom stereocenters. The van der Waals surface area contributed by atoms with Crippen LogP contribution in [0.1, 0.15) is 32.6 Å². The van der Waals surface area contributed by atoms with Crippen molar-refractivity contribution in [3.8, 4) is 0 Å². The summed E-state index contributed by atoms with van der Waals surface area (Å²) in [4.78, 5) is 0. The van der Waals surface area contributed by atoms with Gasteiger partial charge in [-0.25, -0.2) is 5.32 Å². The number of hydrogen-bond donors (Lipinski definition) is 0. The highest BCUT2D eigenvalue weighted by molar-refractivity contribution is 4.41. The van der Waals surface area contributed by atoms with E-state index in [4.69, 9.17) is 0 Å². The van der Waals surface area contributed by atoms with Crippen LogP contribution in [0.4, 0.5) is 0 Å². The van der Waals surface area contributed by atoms with Crippen molar-refractivity contribution in [1.82, 2.24) is 5.32 Å². The molecule has 0 amide bonds. The van der Waals surface area contributed by atoms with Crippen molar-refractivity contribution in [2.75, 3.05) is 13.6 Å². The minimum atomic E-state index is 1.06. The molecule has 1 heteroatoms. The zero-order valence-electron chi connectivity index (χ0n) is 5.98. The molecule has 0 spiro atoms. The summed E-state index contributed by atoms with van der Waals surface area (Å²) in [6, 6.07) is 0. The third-order valence-corrected chi connectivity index (χ3v) is 1.24. The Morgan fingerprint density at radius 2 is 1.88 bits per heavy atom. The fraction of sp³-hybridized carbons (Fsp3) is 1.00. The van der Waals surface area contributed by atoms with Gasteiger partial charge in [0.1, 0.15) is 0 Å². The quantitative estimate of drug-likeness (QED) is 0.484. The minimum absolute atomic E-state index is 1.06. The van der Waals surface area contributed by atoms with Crippen LogP contribution in [0, 0.1) is 0 Å². The molecule has 0 atom stereocenters. The fourth-order valence-electron chi connectivity index (χ4n) is 0.697. The summed E-state index contributed by atoms with van der Waals surface area (Å²) >= 11 is 0. The molecule has 0 fully saturated rings. The van der Waals surface area contributed by atoms with Gasteiger partial charge >= 0.3 is 0 Å². The molecule has 0 N–H and O–H groups in total. The molecule has 0 aromatic carbocycles. The van der Waals surface area contributed by atoms with Gasteiger partial charge in [0.05, 0.1) is 0 Å². The predicted octanol–water partition coefficient (Wildman–Crippen LogP) is 1.80. The van der Waals surface area contributed by atoms with Crippen LogP contribution in [0.2, 0.25) is 0 Å². The van der Waals surface area contributed by atoms with Gasteiger partial charge in [0, 0.05) is 13.6 Å². The van der Waals surface area contributed by atoms with Crippen molar-refractivity contribution in [3.63, 3.8) is 0 Å². The SMILES string of the molecule is CCCCCC[N]C. The van der Waals surface area contributed by atoms with E-state index in [0.717, 1.165) is 6.54 Å². The standard InChI is InChI=1S/C7H16N/c1-3-4-5-6-7-8-2/h3-7H2,1-2H3. The summed E-state index contributed by atoms with van der Waals surface area (Å²) in [5.41, 5.74) is 0. The van der Waals surface area contributed by atoms with Gasteiger partial charge in [-0.05, 0) is 6.42 Å². The fourth-order valence-corrected chi connectivity index (χ4v) is 0.697. The first kappa shape index (κ1) is 7.96. The van der Waals surface area contributed by atoms with Crippen molar-refractivity contribution >= 4 is 0 Å². The highest BCUT2D eigenvalue weighted by atomic mass is 14.8. The van der Waals surface area contributed by atoms with Crippen LogP contribution in [0.5, 0.6) is 0 Å². The third-order valence-electron chi connectivity index (χ3n) is 1.24. The largest absolute Gasteiger partial charge is 0.245 e. The number of unbranched alkanes of at least 4 members (excludes halogenated alkanes) is 3. The lowest BCUT2D eigenvalue weighted by atomic mass is 10.2. The Labute approximate surface area is 52.5 Å². The molecule has 0 heterocycles. The molecule has 0 rings (SSSR count). The van der Waals surface area contributed by atoms with E-state index >= 15 is 0 Å². The van der Waals surface area contributed by atoms with E-state index in [-0.39, 0.29) is 0 Å². The Hall–Kier alpha value is -0.0400. The number of hydrogen-bond acceptors (Lipinski definition) is 0. The van der Waals surface area contributed by atoms with Gasteiger partial charge in [0.15, 0.2) is 0 Å². The summed E-state index contributed by atoms with van der Waals surface area (Å²) in [6.45, 7) is 3.28. The minimum Gasteiger partial charge on any atom is -0.245 e. The normalized spacial score (nSPS) is 9.75. The molecule has 0 aromatic rings. The van der Waals surface area contributed by atoms with Crippen LogP contribution in [0.15, 0.2) is 0 Å². The van der Waals surface area contributed by atoms with Crippen LogP contribution >= 0.6 is 0 Å². The molecule has 0 bridgehead atoms. The van der Waals surface area contributed by atoms with Crippen molar-refractivity contribution in [2.45, 2.75) is 32.6 Å². The lowest BCUT2D eigenvalue weighted by molar-refractivity contribution is 0.629. The van der Waals surface area contributed by atoms with E-state index in [0.29, 0.717) is 0 Å². The Kier molecular flexibility index (Phi) is 6.93. The molecule has 0 saturated heterocycles. The molecule has 0 aliphatic carbocycles. The highest BCUT2D eigenvalue weighted by Crippen LogP contribution is 1.96. The van der Waals surface area contributed by atoms with E-state index in [1.807, 2.05) is 7.05 Å². The number of nitrogens with zero attached hydrogens (tertiary/aromatic N) is 1. The third kappa shape index (κ3) is 5.96. The van der Waals surface area contributed by atoms with Crippen molar-refractivity contribution < 1.29 is 0 Å². The maximum absolute atomic E-state index is 4.01. The molecule has 1 nitrogen and oxygen atoms in total. The van der Waals surface area contributed by atoms with Gasteiger partial charge in [-0.3, -0.25) is 0 Å². The van der Waals surface area contributed by atoms with Crippen LogP contribution in [-0.4, -0.2) is 13.6 Å². The molecular weight excluding hydrogens is 98.1 g/mol. The molecule has 0 saturated carbocycles. The van der Waals surface area contributed by atoms with Gasteiger partial charge < -0.3 is 0 Å². The number of rotatable bonds is 5. The molecule has 0 aliphatic rings. The van der Waals surface area contributed by atoms with Crippen molar-refractivity contribution in [1.29, 1.82) is 0 Å². The highest BCUT2D eigenvalue weighted by Gasteiger charge is 1.83. The second-order valence-corrected chi connectivity index (χ2v) is 2.10. The van der Waals surface area contributed by atoms with Gasteiger partial charge in [-0.2, -0.15) is 0 Å². The first-order chi connectivity index (χ1) is 3.91. The Morgan fingerprint density at radius 3 is 2.38 bits per heavy atom. The van der Waals surface area contributed by atoms with Crippen LogP contribution in [0.25, 0.3) is 0 Å². The van der Waals surface area contributed by atoms with E-state index in [1.54, 1.807) is 0 Å². The van der Waals surface area contributed by atoms with Crippen LogP contribution in [0.3, 0.4) is 0 Å². The smallest absolute Gasteiger partial charge is 0.0130 e. The summed E-state index contributed by atoms with van der Waals surface area (Å²) < 4.78 is 0. The van der Waals surface area contributed by atoms with E-state index in [2.05, 4.69) is 12.2 Å². The monoisotopic (exact) mass is 114 g/mol. The molecule has 49 valence electrons. The van der Waals surface area contributed by atoms with Gasteiger partial charge in [-0.15, -0.1) is 0 Å². The molecule has 0 aromatic heterocycles. The summed E-state index contributed by atoms with van der Waals surface area (Å²) in [5.74, 6) is 0. The zero-order valence-corrected chi connectivity index (χ0v) is 5.98. The first-order valence-corrected chi connectivity index (χ1v) is 3.47. The van der Waals surface area contributed by atoms with Gasteiger partial charge in [-0.1, -0.05) is 26.2 Å². The van der Waals surface area contributed by atoms with Gasteiger partial charge in [0.2, 0.25) is 0 Å². The van der Waals surface area contributed by atoms with Crippen LogP contribution < -0.4 is 5.32 Å². The summed E-state index contributed by atoms with van der Waals surface area (Å²) in [6.07, 6.45) is 5.33. The van der Waals surface area contributed by atoms with Gasteiger partial charge in [0.25, 0.3) is 0 Å².